The first kappa shape index (κ1) is 26.1. The summed E-state index contributed by atoms with van der Waals surface area (Å²) in [4.78, 5) is 4.39. The molecule has 8 heteroatoms. The van der Waals surface area contributed by atoms with Gasteiger partial charge in [-0.2, -0.15) is 0 Å². The highest BCUT2D eigenvalue weighted by atomic mass is 35.5. The summed E-state index contributed by atoms with van der Waals surface area (Å²) in [7, 11) is 0. The number of amidine groups is 1. The fourth-order valence-electron chi connectivity index (χ4n) is 2.09. The smallest absolute Gasteiger partial charge is 0.159 e. The second-order valence-corrected chi connectivity index (χ2v) is 6.05. The van der Waals surface area contributed by atoms with Crippen LogP contribution in [0.2, 0.25) is 0 Å². The van der Waals surface area contributed by atoms with Crippen molar-refractivity contribution in [2.45, 2.75) is 20.0 Å². The predicted molar refractivity (Wildman–Crippen MR) is 119 cm³/mol. The van der Waals surface area contributed by atoms with Crippen LogP contribution in [-0.4, -0.2) is 10.9 Å². The van der Waals surface area contributed by atoms with Gasteiger partial charge in [-0.25, -0.2) is 4.99 Å². The van der Waals surface area contributed by atoms with Gasteiger partial charge in [0.05, 0.1) is 5.69 Å². The van der Waals surface area contributed by atoms with Gasteiger partial charge in [0, 0.05) is 18.8 Å². The number of aliphatic imine (C=N–C) groups is 1. The molecule has 0 unspecified atom stereocenters. The third kappa shape index (κ3) is 8.70. The van der Waals surface area contributed by atoms with Crippen molar-refractivity contribution in [1.29, 1.82) is 0 Å². The van der Waals surface area contributed by atoms with Crippen molar-refractivity contribution in [1.82, 2.24) is 0 Å². The lowest BCUT2D eigenvalue weighted by Crippen LogP contribution is -2.07. The lowest BCUT2D eigenvalue weighted by atomic mass is 10.1. The van der Waals surface area contributed by atoms with E-state index in [4.69, 9.17) is 11.5 Å². The number of nitrogens with two attached hydrogens (primary N) is 2. The fraction of sp³-hybridized carbons (Fsp3) is 0.235. The van der Waals surface area contributed by atoms with E-state index in [1.807, 2.05) is 36.4 Å². The van der Waals surface area contributed by atoms with Crippen molar-refractivity contribution in [3.63, 3.8) is 0 Å². The maximum Gasteiger partial charge on any atom is 0.159 e. The van der Waals surface area contributed by atoms with Crippen molar-refractivity contribution in [3.8, 4) is 0 Å². The van der Waals surface area contributed by atoms with Gasteiger partial charge >= 0.3 is 0 Å². The summed E-state index contributed by atoms with van der Waals surface area (Å²) in [5.74, 6) is 0.912. The predicted octanol–water partition coefficient (Wildman–Crippen LogP) is 4.72. The number of halogens is 3. The quantitative estimate of drug-likeness (QED) is 0.464. The summed E-state index contributed by atoms with van der Waals surface area (Å²) in [6, 6.07) is 16.2. The van der Waals surface area contributed by atoms with Crippen molar-refractivity contribution in [2.75, 3.05) is 11.1 Å². The van der Waals surface area contributed by atoms with Gasteiger partial charge in [-0.1, -0.05) is 49.0 Å². The average Bonchev–Trinajstić information content (AvgIpc) is 2.54. The molecule has 0 aliphatic rings. The van der Waals surface area contributed by atoms with Gasteiger partial charge in [0.1, 0.15) is 0 Å². The second kappa shape index (κ2) is 14.1. The number of nitrogens with one attached hydrogen (secondary N) is 1. The molecule has 25 heavy (non-hydrogen) atoms. The Kier molecular flexibility index (Phi) is 14.7. The van der Waals surface area contributed by atoms with E-state index in [-0.39, 0.29) is 37.2 Å². The summed E-state index contributed by atoms with van der Waals surface area (Å²) in [6.07, 6.45) is 0. The molecule has 4 nitrogen and oxygen atoms in total. The van der Waals surface area contributed by atoms with Crippen LogP contribution >= 0.6 is 49.0 Å². The molecule has 0 amide bonds. The van der Waals surface area contributed by atoms with Crippen LogP contribution in [0.15, 0.2) is 53.5 Å². The summed E-state index contributed by atoms with van der Waals surface area (Å²) < 4.78 is 0. The van der Waals surface area contributed by atoms with E-state index >= 15 is 0 Å². The molecule has 0 fully saturated rings. The van der Waals surface area contributed by atoms with Crippen LogP contribution in [0.3, 0.4) is 0 Å². The minimum atomic E-state index is 0. The monoisotopic (exact) mass is 422 g/mol. The average molecular weight is 424 g/mol. The Morgan fingerprint density at radius 1 is 1.08 bits per heavy atom. The lowest BCUT2D eigenvalue weighted by molar-refractivity contribution is 1.05. The first-order valence-corrected chi connectivity index (χ1v) is 8.29. The summed E-state index contributed by atoms with van der Waals surface area (Å²) in [5, 5.41) is 4.00. The summed E-state index contributed by atoms with van der Waals surface area (Å²) in [6.45, 7) is 3.28. The Labute approximate surface area is 172 Å². The van der Waals surface area contributed by atoms with Gasteiger partial charge in [0.25, 0.3) is 0 Å². The lowest BCUT2D eigenvalue weighted by Gasteiger charge is -2.12. The van der Waals surface area contributed by atoms with E-state index < -0.39 is 0 Å². The normalized spacial score (nSPS) is 10.1. The molecule has 0 radical (unpaired) electrons. The van der Waals surface area contributed by atoms with Crippen LogP contribution in [0.1, 0.15) is 18.1 Å². The molecule has 5 N–H and O–H groups in total. The standard InChI is InChI=1S/C17H22N4S.3ClH/c1-2-22-17(19)21-15-8-9-16(14(10-15)11-18)20-12-13-6-4-3-5-7-13;;;/h3-10,20H,2,11-12,18H2,1H3,(H2,19,21);3*1H. The number of nitrogens with zero attached hydrogens (tertiary/aromatic N) is 1. The Bertz CT molecular complexity index is 639. The minimum absolute atomic E-state index is 0. The van der Waals surface area contributed by atoms with Gasteiger partial charge in [-0.05, 0) is 35.1 Å². The molecule has 2 aromatic carbocycles. The molecule has 140 valence electrons. The van der Waals surface area contributed by atoms with E-state index in [9.17, 15) is 0 Å². The number of hydrogen-bond acceptors (Lipinski definition) is 4. The number of benzene rings is 2. The minimum Gasteiger partial charge on any atom is -0.381 e. The van der Waals surface area contributed by atoms with Crippen molar-refractivity contribution in [2.24, 2.45) is 16.5 Å². The molecule has 0 saturated heterocycles. The van der Waals surface area contributed by atoms with Crippen LogP contribution < -0.4 is 16.8 Å². The molecule has 0 aromatic heterocycles. The molecule has 0 heterocycles. The highest BCUT2D eigenvalue weighted by Gasteiger charge is 2.03. The Morgan fingerprint density at radius 2 is 1.76 bits per heavy atom. The SMILES string of the molecule is CCSC(N)=Nc1ccc(NCc2ccccc2)c(CN)c1.Cl.Cl.Cl. The topological polar surface area (TPSA) is 76.4 Å². The van der Waals surface area contributed by atoms with E-state index in [0.29, 0.717) is 11.7 Å². The maximum atomic E-state index is 5.85. The highest BCUT2D eigenvalue weighted by Crippen LogP contribution is 2.23. The van der Waals surface area contributed by atoms with Gasteiger partial charge < -0.3 is 16.8 Å². The zero-order valence-electron chi connectivity index (χ0n) is 14.0. The zero-order chi connectivity index (χ0) is 15.8. The summed E-state index contributed by atoms with van der Waals surface area (Å²) >= 11 is 1.53. The van der Waals surface area contributed by atoms with Gasteiger partial charge in [0.2, 0.25) is 0 Å². The first-order chi connectivity index (χ1) is 10.7. The van der Waals surface area contributed by atoms with Crippen molar-refractivity contribution < 1.29 is 0 Å². The van der Waals surface area contributed by atoms with Crippen LogP contribution in [0.25, 0.3) is 0 Å². The van der Waals surface area contributed by atoms with E-state index in [1.165, 1.54) is 17.3 Å². The molecule has 0 atom stereocenters. The maximum absolute atomic E-state index is 5.85. The van der Waals surface area contributed by atoms with Crippen LogP contribution in [0.5, 0.6) is 0 Å². The van der Waals surface area contributed by atoms with Gasteiger partial charge in [0.15, 0.2) is 5.17 Å². The molecular formula is C17H25Cl3N4S. The fourth-order valence-corrected chi connectivity index (χ4v) is 2.56. The number of hydrogen-bond donors (Lipinski definition) is 3. The second-order valence-electron chi connectivity index (χ2n) is 4.77. The Balaban J connectivity index is 0. The highest BCUT2D eigenvalue weighted by molar-refractivity contribution is 8.13. The molecular weight excluding hydrogens is 399 g/mol. The van der Waals surface area contributed by atoms with Crippen molar-refractivity contribution >= 4 is 65.5 Å². The number of anilines is 1. The molecule has 0 aliphatic carbocycles. The largest absolute Gasteiger partial charge is 0.381 e. The van der Waals surface area contributed by atoms with Crippen LogP contribution in [0, 0.1) is 0 Å². The summed E-state index contributed by atoms with van der Waals surface area (Å²) in [5.41, 5.74) is 15.8. The van der Waals surface area contributed by atoms with Crippen LogP contribution in [-0.2, 0) is 13.1 Å². The molecule has 0 bridgehead atoms. The van der Waals surface area contributed by atoms with Crippen molar-refractivity contribution in [3.05, 3.63) is 59.7 Å². The van der Waals surface area contributed by atoms with E-state index in [1.54, 1.807) is 0 Å². The van der Waals surface area contributed by atoms with Gasteiger partial charge in [-0.15, -0.1) is 37.2 Å². The number of rotatable bonds is 6. The molecule has 0 spiro atoms. The Morgan fingerprint density at radius 3 is 2.36 bits per heavy atom. The first-order valence-electron chi connectivity index (χ1n) is 7.30. The van der Waals surface area contributed by atoms with Crippen LogP contribution in [0.4, 0.5) is 11.4 Å². The molecule has 0 saturated carbocycles. The molecule has 0 aliphatic heterocycles. The van der Waals surface area contributed by atoms with E-state index in [2.05, 4.69) is 29.4 Å². The Hall–Kier alpha value is -1.11. The molecule has 2 rings (SSSR count). The van der Waals surface area contributed by atoms with Gasteiger partial charge in [-0.3, -0.25) is 0 Å². The molecule has 2 aromatic rings. The van der Waals surface area contributed by atoms with E-state index in [0.717, 1.165) is 29.2 Å². The number of thioether (sulfide) groups is 1. The third-order valence-electron chi connectivity index (χ3n) is 3.17. The third-order valence-corrected chi connectivity index (χ3v) is 3.84. The zero-order valence-corrected chi connectivity index (χ0v) is 17.2.